The van der Waals surface area contributed by atoms with Gasteiger partial charge in [0, 0.05) is 12.6 Å². The molecule has 3 aromatic carbocycles. The van der Waals surface area contributed by atoms with Crippen molar-refractivity contribution in [2.24, 2.45) is 0 Å². The molecule has 0 aliphatic heterocycles. The van der Waals surface area contributed by atoms with Crippen LogP contribution in [0.3, 0.4) is 0 Å². The molecule has 0 aliphatic rings. The average Bonchev–Trinajstić information content (AvgIpc) is 3.52. The van der Waals surface area contributed by atoms with Crippen molar-refractivity contribution in [2.75, 3.05) is 6.54 Å². The predicted octanol–water partition coefficient (Wildman–Crippen LogP) is 4.79. The number of carbonyl (C=O) groups excluding carboxylic acids is 1. The maximum Gasteiger partial charge on any atom is 0.289 e. The van der Waals surface area contributed by atoms with Crippen LogP contribution in [0.4, 0.5) is 0 Å². The summed E-state index contributed by atoms with van der Waals surface area (Å²) in [5, 5.41) is 15.8. The largest absolute Gasteiger partial charge is 0.351 e. The Labute approximate surface area is 209 Å². The number of aromatic nitrogens is 3. The molecular weight excluding hydrogens is 450 g/mol. The van der Waals surface area contributed by atoms with E-state index >= 15 is 0 Å². The molecule has 0 saturated heterocycles. The summed E-state index contributed by atoms with van der Waals surface area (Å²) in [4.78, 5) is 12.7. The zero-order valence-corrected chi connectivity index (χ0v) is 20.4. The van der Waals surface area contributed by atoms with Crippen LogP contribution in [0.25, 0.3) is 11.0 Å². The van der Waals surface area contributed by atoms with E-state index in [0.29, 0.717) is 25.1 Å². The summed E-state index contributed by atoms with van der Waals surface area (Å²) in [6.07, 6.45) is 2.11. The minimum atomic E-state index is -0.322. The van der Waals surface area contributed by atoms with E-state index in [4.69, 9.17) is 4.52 Å². The second-order valence-electron chi connectivity index (χ2n) is 9.18. The van der Waals surface area contributed by atoms with Crippen LogP contribution in [-0.2, 0) is 13.0 Å². The summed E-state index contributed by atoms with van der Waals surface area (Å²) in [5.74, 6) is -0.154. The van der Waals surface area contributed by atoms with Gasteiger partial charge in [0.05, 0.1) is 29.8 Å². The van der Waals surface area contributed by atoms with Gasteiger partial charge in [-0.25, -0.2) is 0 Å². The van der Waals surface area contributed by atoms with Gasteiger partial charge in [0.1, 0.15) is 0 Å². The number of imidazole rings is 1. The van der Waals surface area contributed by atoms with Gasteiger partial charge in [0.25, 0.3) is 5.91 Å². The van der Waals surface area contributed by atoms with Crippen LogP contribution in [-0.4, -0.2) is 26.7 Å². The van der Waals surface area contributed by atoms with E-state index in [1.165, 1.54) is 17.3 Å². The van der Waals surface area contributed by atoms with Gasteiger partial charge in [-0.2, -0.15) is 0 Å². The molecule has 1 amide bonds. The maximum atomic E-state index is 12.7. The lowest BCUT2D eigenvalue weighted by molar-refractivity contribution is 0.0910. The van der Waals surface area contributed by atoms with E-state index < -0.39 is 0 Å². The number of nitrogens with one attached hydrogen (secondary N) is 2. The standard InChI is InChI=1S/C29H29N5O2/c1-20-7-11-22(12-8-20)17-24(18-31-28(35)27-15-16-32-36-27)34-26-6-4-3-5-25(26)33(29(34)30)19-23-13-9-21(2)10-14-23/h3-16,24,30H,17-19H2,1-2H3,(H,31,35). The van der Waals surface area contributed by atoms with Crippen LogP contribution in [0.1, 0.15) is 38.9 Å². The third-order valence-corrected chi connectivity index (χ3v) is 6.49. The zero-order valence-electron chi connectivity index (χ0n) is 20.4. The SMILES string of the molecule is Cc1ccc(CC(CNC(=O)c2ccno2)n2c(=N)n(Cc3ccc(C)cc3)c3ccccc32)cc1. The van der Waals surface area contributed by atoms with Crippen LogP contribution in [0.2, 0.25) is 0 Å². The molecule has 0 bridgehead atoms. The molecule has 0 fully saturated rings. The zero-order chi connectivity index (χ0) is 25.1. The Morgan fingerprint density at radius 3 is 2.19 bits per heavy atom. The molecule has 7 nitrogen and oxygen atoms in total. The predicted molar refractivity (Wildman–Crippen MR) is 139 cm³/mol. The normalized spacial score (nSPS) is 12.1. The van der Waals surface area contributed by atoms with Crippen LogP contribution in [0.5, 0.6) is 0 Å². The molecule has 5 aromatic rings. The number of fused-ring (bicyclic) bond motifs is 1. The van der Waals surface area contributed by atoms with Crippen molar-refractivity contribution in [2.45, 2.75) is 32.9 Å². The van der Waals surface area contributed by atoms with Gasteiger partial charge in [0.15, 0.2) is 0 Å². The summed E-state index contributed by atoms with van der Waals surface area (Å²) in [6.45, 7) is 5.06. The Kier molecular flexibility index (Phi) is 6.54. The second kappa shape index (κ2) is 10.1. The van der Waals surface area contributed by atoms with Gasteiger partial charge in [-0.3, -0.25) is 10.2 Å². The van der Waals surface area contributed by atoms with E-state index in [0.717, 1.165) is 22.2 Å². The van der Waals surface area contributed by atoms with Crippen molar-refractivity contribution in [3.63, 3.8) is 0 Å². The third-order valence-electron chi connectivity index (χ3n) is 6.49. The highest BCUT2D eigenvalue weighted by Crippen LogP contribution is 2.22. The van der Waals surface area contributed by atoms with Gasteiger partial charge in [-0.1, -0.05) is 76.9 Å². The fourth-order valence-corrected chi connectivity index (χ4v) is 4.54. The van der Waals surface area contributed by atoms with Gasteiger partial charge in [0.2, 0.25) is 11.4 Å². The maximum absolute atomic E-state index is 12.7. The summed E-state index contributed by atoms with van der Waals surface area (Å²) in [6, 6.07) is 26.2. The quantitative estimate of drug-likeness (QED) is 0.335. The van der Waals surface area contributed by atoms with Crippen molar-refractivity contribution < 1.29 is 9.32 Å². The molecule has 36 heavy (non-hydrogen) atoms. The second-order valence-corrected chi connectivity index (χ2v) is 9.18. The van der Waals surface area contributed by atoms with E-state index in [-0.39, 0.29) is 17.7 Å². The average molecular weight is 480 g/mol. The number of benzene rings is 3. The number of nitrogens with zero attached hydrogens (tertiary/aromatic N) is 3. The Morgan fingerprint density at radius 2 is 1.56 bits per heavy atom. The third kappa shape index (κ3) is 4.86. The molecule has 0 spiro atoms. The molecule has 0 radical (unpaired) electrons. The molecule has 0 saturated carbocycles. The summed E-state index contributed by atoms with van der Waals surface area (Å²) >= 11 is 0. The highest BCUT2D eigenvalue weighted by molar-refractivity contribution is 5.91. The highest BCUT2D eigenvalue weighted by Gasteiger charge is 2.21. The molecule has 2 heterocycles. The monoisotopic (exact) mass is 479 g/mol. The van der Waals surface area contributed by atoms with Crippen molar-refractivity contribution in [3.05, 3.63) is 119 Å². The van der Waals surface area contributed by atoms with E-state index in [1.807, 2.05) is 33.4 Å². The summed E-state index contributed by atoms with van der Waals surface area (Å²) in [5.41, 5.74) is 7.01. The van der Waals surface area contributed by atoms with E-state index in [9.17, 15) is 10.2 Å². The number of carbonyl (C=O) groups is 1. The van der Waals surface area contributed by atoms with Crippen LogP contribution >= 0.6 is 0 Å². The molecule has 1 unspecified atom stereocenters. The van der Waals surface area contributed by atoms with Crippen LogP contribution in [0, 0.1) is 19.3 Å². The fraction of sp³-hybridized carbons (Fsp3) is 0.207. The first-order valence-electron chi connectivity index (χ1n) is 12.0. The van der Waals surface area contributed by atoms with Crippen LogP contribution < -0.4 is 10.9 Å². The molecule has 1 atom stereocenters. The van der Waals surface area contributed by atoms with E-state index in [1.54, 1.807) is 6.07 Å². The first-order chi connectivity index (χ1) is 17.5. The minimum absolute atomic E-state index is 0.169. The lowest BCUT2D eigenvalue weighted by Crippen LogP contribution is -2.36. The van der Waals surface area contributed by atoms with Crippen molar-refractivity contribution in [1.82, 2.24) is 19.6 Å². The molecule has 0 aliphatic carbocycles. The molecule has 2 N–H and O–H groups in total. The first kappa shape index (κ1) is 23.4. The fourth-order valence-electron chi connectivity index (χ4n) is 4.54. The van der Waals surface area contributed by atoms with Gasteiger partial charge < -0.3 is 19.0 Å². The number of rotatable bonds is 8. The van der Waals surface area contributed by atoms with Crippen molar-refractivity contribution >= 4 is 16.9 Å². The lowest BCUT2D eigenvalue weighted by atomic mass is 10.0. The molecule has 182 valence electrons. The number of amides is 1. The molecule has 5 rings (SSSR count). The lowest BCUT2D eigenvalue weighted by Gasteiger charge is -2.20. The van der Waals surface area contributed by atoms with Gasteiger partial charge >= 0.3 is 0 Å². The van der Waals surface area contributed by atoms with Gasteiger partial charge in [-0.15, -0.1) is 0 Å². The number of hydrogen-bond acceptors (Lipinski definition) is 4. The van der Waals surface area contributed by atoms with E-state index in [2.05, 4.69) is 72.9 Å². The summed E-state index contributed by atoms with van der Waals surface area (Å²) < 4.78 is 9.09. The Morgan fingerprint density at radius 1 is 0.917 bits per heavy atom. The number of hydrogen-bond donors (Lipinski definition) is 2. The molecular formula is C29H29N5O2. The number of aryl methyl sites for hydroxylation is 2. The topological polar surface area (TPSA) is 88.8 Å². The molecule has 7 heteroatoms. The van der Waals surface area contributed by atoms with Gasteiger partial charge in [-0.05, 0) is 43.5 Å². The minimum Gasteiger partial charge on any atom is -0.351 e. The summed E-state index contributed by atoms with van der Waals surface area (Å²) in [7, 11) is 0. The first-order valence-corrected chi connectivity index (χ1v) is 12.0. The Hall–Kier alpha value is -4.39. The Balaban J connectivity index is 1.54. The van der Waals surface area contributed by atoms with Crippen molar-refractivity contribution in [1.29, 1.82) is 5.41 Å². The Bertz CT molecular complexity index is 1530. The molecule has 2 aromatic heterocycles. The number of para-hydroxylation sites is 2. The smallest absolute Gasteiger partial charge is 0.289 e. The van der Waals surface area contributed by atoms with Crippen molar-refractivity contribution in [3.8, 4) is 0 Å². The highest BCUT2D eigenvalue weighted by atomic mass is 16.5. The van der Waals surface area contributed by atoms with Crippen LogP contribution in [0.15, 0.2) is 89.6 Å².